The van der Waals surface area contributed by atoms with Gasteiger partial charge in [0.05, 0.1) is 36.1 Å². The Labute approximate surface area is 113 Å². The molecule has 1 aromatic rings. The largest absolute Gasteiger partial charge is 0.385 e. The van der Waals surface area contributed by atoms with Crippen molar-refractivity contribution in [2.24, 2.45) is 0 Å². The van der Waals surface area contributed by atoms with Gasteiger partial charge < -0.3 is 14.8 Å². The highest BCUT2D eigenvalue weighted by Gasteiger charge is 2.19. The summed E-state index contributed by atoms with van der Waals surface area (Å²) in [6.07, 6.45) is 2.55. The third-order valence-corrected chi connectivity index (χ3v) is 3.02. The number of methoxy groups -OCH3 is 2. The number of rotatable bonds is 9. The van der Waals surface area contributed by atoms with Crippen molar-refractivity contribution in [1.82, 2.24) is 15.1 Å². The second-order valence-electron chi connectivity index (χ2n) is 3.99. The van der Waals surface area contributed by atoms with Crippen LogP contribution in [0, 0.1) is 0 Å². The second-order valence-corrected chi connectivity index (χ2v) is 4.39. The molecule has 0 saturated heterocycles. The van der Waals surface area contributed by atoms with E-state index in [1.54, 1.807) is 20.4 Å². The summed E-state index contributed by atoms with van der Waals surface area (Å²) in [5.74, 6) is 0. The molecule has 0 aromatic carbocycles. The van der Waals surface area contributed by atoms with Gasteiger partial charge in [0, 0.05) is 20.8 Å². The van der Waals surface area contributed by atoms with Crippen molar-refractivity contribution in [3.63, 3.8) is 0 Å². The number of nitrogens with zero attached hydrogens (tertiary/aromatic N) is 2. The second kappa shape index (κ2) is 8.48. The molecule has 1 aromatic heterocycles. The van der Waals surface area contributed by atoms with Gasteiger partial charge in [0.2, 0.25) is 0 Å². The van der Waals surface area contributed by atoms with Gasteiger partial charge in [-0.25, -0.2) is 0 Å². The zero-order valence-corrected chi connectivity index (χ0v) is 12.0. The van der Waals surface area contributed by atoms with Crippen molar-refractivity contribution >= 4 is 11.6 Å². The first kappa shape index (κ1) is 15.4. The number of hydrogen-bond acceptors (Lipinski definition) is 4. The van der Waals surface area contributed by atoms with Crippen molar-refractivity contribution in [2.75, 3.05) is 34.0 Å². The zero-order valence-electron chi connectivity index (χ0n) is 11.3. The van der Waals surface area contributed by atoms with Crippen molar-refractivity contribution in [3.05, 3.63) is 16.9 Å². The van der Waals surface area contributed by atoms with Crippen molar-refractivity contribution in [3.8, 4) is 0 Å². The van der Waals surface area contributed by atoms with E-state index in [1.165, 1.54) is 0 Å². The van der Waals surface area contributed by atoms with Gasteiger partial charge in [-0.1, -0.05) is 18.5 Å². The number of ether oxygens (including phenoxy) is 2. The molecular formula is C12H22ClN3O2. The van der Waals surface area contributed by atoms with Crippen LogP contribution in [-0.2, 0) is 16.0 Å². The first-order valence-corrected chi connectivity index (χ1v) is 6.54. The lowest BCUT2D eigenvalue weighted by atomic mass is 10.1. The van der Waals surface area contributed by atoms with Crippen LogP contribution in [0.5, 0.6) is 0 Å². The van der Waals surface area contributed by atoms with Gasteiger partial charge in [-0.15, -0.1) is 0 Å². The zero-order chi connectivity index (χ0) is 13.4. The van der Waals surface area contributed by atoms with Crippen LogP contribution in [0.1, 0.15) is 25.1 Å². The molecule has 6 heteroatoms. The minimum Gasteiger partial charge on any atom is -0.385 e. The molecule has 1 atom stereocenters. The Balaban J connectivity index is 2.83. The summed E-state index contributed by atoms with van der Waals surface area (Å²) in [4.78, 5) is 0. The van der Waals surface area contributed by atoms with Gasteiger partial charge in [0.25, 0.3) is 0 Å². The lowest BCUT2D eigenvalue weighted by Gasteiger charge is -2.19. The van der Waals surface area contributed by atoms with E-state index in [-0.39, 0.29) is 6.04 Å². The third-order valence-electron chi connectivity index (χ3n) is 2.73. The van der Waals surface area contributed by atoms with Crippen LogP contribution in [0.4, 0.5) is 0 Å². The predicted molar refractivity (Wildman–Crippen MR) is 72.0 cm³/mol. The predicted octanol–water partition coefficient (Wildman–Crippen LogP) is 1.87. The molecule has 0 aliphatic heterocycles. The Bertz CT molecular complexity index is 344. The Morgan fingerprint density at radius 1 is 1.39 bits per heavy atom. The van der Waals surface area contributed by atoms with Crippen LogP contribution in [0.25, 0.3) is 0 Å². The van der Waals surface area contributed by atoms with E-state index in [0.29, 0.717) is 24.8 Å². The Morgan fingerprint density at radius 2 is 2.11 bits per heavy atom. The first-order chi connectivity index (χ1) is 8.74. The van der Waals surface area contributed by atoms with Crippen LogP contribution in [0.2, 0.25) is 5.02 Å². The molecule has 0 fully saturated rings. The maximum atomic E-state index is 6.23. The molecule has 1 N–H and O–H groups in total. The molecule has 1 rings (SSSR count). The number of aromatic nitrogens is 2. The van der Waals surface area contributed by atoms with Crippen LogP contribution >= 0.6 is 11.6 Å². The highest BCUT2D eigenvalue weighted by atomic mass is 35.5. The van der Waals surface area contributed by atoms with E-state index < -0.39 is 0 Å². The summed E-state index contributed by atoms with van der Waals surface area (Å²) < 4.78 is 12.1. The van der Waals surface area contributed by atoms with E-state index in [0.717, 1.165) is 18.7 Å². The van der Waals surface area contributed by atoms with Crippen LogP contribution in [-0.4, -0.2) is 43.8 Å². The van der Waals surface area contributed by atoms with Gasteiger partial charge in [-0.3, -0.25) is 4.68 Å². The van der Waals surface area contributed by atoms with Gasteiger partial charge >= 0.3 is 0 Å². The van der Waals surface area contributed by atoms with Gasteiger partial charge in [-0.2, -0.15) is 5.10 Å². The maximum Gasteiger partial charge on any atom is 0.0834 e. The maximum absolute atomic E-state index is 6.23. The number of hydrogen-bond donors (Lipinski definition) is 1. The minimum absolute atomic E-state index is 0.154. The van der Waals surface area contributed by atoms with Crippen molar-refractivity contribution in [1.29, 1.82) is 0 Å². The summed E-state index contributed by atoms with van der Waals surface area (Å²) in [6, 6.07) is 0.154. The van der Waals surface area contributed by atoms with Gasteiger partial charge in [-0.05, 0) is 13.0 Å². The minimum atomic E-state index is 0.154. The lowest BCUT2D eigenvalue weighted by Crippen LogP contribution is -2.26. The fourth-order valence-electron chi connectivity index (χ4n) is 1.89. The van der Waals surface area contributed by atoms with E-state index >= 15 is 0 Å². The molecule has 0 bridgehead atoms. The molecule has 0 aliphatic rings. The van der Waals surface area contributed by atoms with E-state index in [1.807, 2.05) is 4.68 Å². The molecule has 18 heavy (non-hydrogen) atoms. The molecular weight excluding hydrogens is 254 g/mol. The first-order valence-electron chi connectivity index (χ1n) is 6.17. The highest BCUT2D eigenvalue weighted by Crippen LogP contribution is 2.25. The molecule has 1 unspecified atom stereocenters. The third kappa shape index (κ3) is 4.24. The summed E-state index contributed by atoms with van der Waals surface area (Å²) in [5, 5.41) is 8.39. The van der Waals surface area contributed by atoms with Crippen LogP contribution < -0.4 is 5.32 Å². The van der Waals surface area contributed by atoms with E-state index in [4.69, 9.17) is 21.1 Å². The molecule has 0 spiro atoms. The summed E-state index contributed by atoms with van der Waals surface area (Å²) >= 11 is 6.23. The van der Waals surface area contributed by atoms with Crippen molar-refractivity contribution in [2.45, 2.75) is 25.9 Å². The van der Waals surface area contributed by atoms with Crippen molar-refractivity contribution < 1.29 is 9.47 Å². The average molecular weight is 276 g/mol. The monoisotopic (exact) mass is 275 g/mol. The topological polar surface area (TPSA) is 48.3 Å². The Hall–Kier alpha value is -0.620. The smallest absolute Gasteiger partial charge is 0.0834 e. The summed E-state index contributed by atoms with van der Waals surface area (Å²) in [7, 11) is 3.38. The molecule has 0 amide bonds. The quantitative estimate of drug-likeness (QED) is 0.747. The summed E-state index contributed by atoms with van der Waals surface area (Å²) in [5.41, 5.74) is 1.01. The average Bonchev–Trinajstić information content (AvgIpc) is 2.73. The Morgan fingerprint density at radius 3 is 2.72 bits per heavy atom. The molecule has 5 nitrogen and oxygen atoms in total. The van der Waals surface area contributed by atoms with E-state index in [9.17, 15) is 0 Å². The van der Waals surface area contributed by atoms with Gasteiger partial charge in [0.15, 0.2) is 0 Å². The lowest BCUT2D eigenvalue weighted by molar-refractivity contribution is 0.174. The van der Waals surface area contributed by atoms with Gasteiger partial charge in [0.1, 0.15) is 0 Å². The Kier molecular flexibility index (Phi) is 7.27. The SMILES string of the molecule is CCNC(CCOC)c1c(Cl)cnn1CCOC. The fourth-order valence-corrected chi connectivity index (χ4v) is 2.16. The molecule has 0 saturated carbocycles. The number of nitrogens with one attached hydrogen (secondary N) is 1. The number of halogens is 1. The van der Waals surface area contributed by atoms with E-state index in [2.05, 4.69) is 17.3 Å². The normalized spacial score (nSPS) is 12.9. The molecule has 0 aliphatic carbocycles. The van der Waals surface area contributed by atoms with Crippen LogP contribution in [0.15, 0.2) is 6.20 Å². The highest BCUT2D eigenvalue weighted by molar-refractivity contribution is 6.31. The summed E-state index contributed by atoms with van der Waals surface area (Å²) in [6.45, 7) is 4.95. The standard InChI is InChI=1S/C12H22ClN3O2/c1-4-14-11(5-7-17-2)12-10(13)9-15-16(12)6-8-18-3/h9,11,14H,4-8H2,1-3H3. The van der Waals surface area contributed by atoms with Crippen LogP contribution in [0.3, 0.4) is 0 Å². The molecule has 1 heterocycles. The fraction of sp³-hybridized carbons (Fsp3) is 0.750. The molecule has 0 radical (unpaired) electrons. The molecule has 104 valence electrons.